The van der Waals surface area contributed by atoms with Gasteiger partial charge in [-0.25, -0.2) is 0 Å². The number of nitrogens with one attached hydrogen (secondary N) is 1. The van der Waals surface area contributed by atoms with Crippen molar-refractivity contribution in [1.29, 1.82) is 0 Å². The lowest BCUT2D eigenvalue weighted by Crippen LogP contribution is -2.41. The van der Waals surface area contributed by atoms with Gasteiger partial charge in [-0.1, -0.05) is 0 Å². The Kier molecular flexibility index (Phi) is 5.23. The van der Waals surface area contributed by atoms with Crippen molar-refractivity contribution in [2.45, 2.75) is 13.0 Å². The van der Waals surface area contributed by atoms with Gasteiger partial charge in [0.05, 0.1) is 17.2 Å². The second kappa shape index (κ2) is 7.35. The molecular formula is C16H20N2O2S2. The first-order valence-corrected chi connectivity index (χ1v) is 9.46. The van der Waals surface area contributed by atoms with E-state index in [1.165, 1.54) is 11.3 Å². The van der Waals surface area contributed by atoms with Crippen LogP contribution in [0.15, 0.2) is 34.3 Å². The maximum atomic E-state index is 12.3. The van der Waals surface area contributed by atoms with Gasteiger partial charge >= 0.3 is 0 Å². The average molecular weight is 336 g/mol. The first-order chi connectivity index (χ1) is 10.7. The van der Waals surface area contributed by atoms with Crippen LogP contribution in [-0.2, 0) is 0 Å². The Morgan fingerprint density at radius 3 is 2.91 bits per heavy atom. The standard InChI is InChI=1S/C16H20N2O2S2/c1-12-9-15(22-11-12)16(19)17-10-13(14-3-2-6-20-14)18-4-7-21-8-5-18/h2-3,6,9,11,13H,4-5,7-8,10H2,1H3,(H,17,19). The van der Waals surface area contributed by atoms with Crippen LogP contribution in [0, 0.1) is 6.92 Å². The molecule has 4 nitrogen and oxygen atoms in total. The minimum Gasteiger partial charge on any atom is -0.468 e. The highest BCUT2D eigenvalue weighted by Gasteiger charge is 2.25. The number of nitrogens with zero attached hydrogens (tertiary/aromatic N) is 1. The third-order valence-electron chi connectivity index (χ3n) is 3.77. The van der Waals surface area contributed by atoms with Crippen molar-refractivity contribution in [2.24, 2.45) is 0 Å². The number of hydrogen-bond acceptors (Lipinski definition) is 5. The summed E-state index contributed by atoms with van der Waals surface area (Å²) < 4.78 is 5.59. The molecule has 1 saturated heterocycles. The molecule has 1 amide bonds. The normalized spacial score (nSPS) is 17.3. The summed E-state index contributed by atoms with van der Waals surface area (Å²) in [5.41, 5.74) is 1.13. The van der Waals surface area contributed by atoms with Crippen LogP contribution in [0.3, 0.4) is 0 Å². The van der Waals surface area contributed by atoms with Gasteiger partial charge < -0.3 is 9.73 Å². The van der Waals surface area contributed by atoms with E-state index in [4.69, 9.17) is 4.42 Å². The maximum absolute atomic E-state index is 12.3. The number of carbonyl (C=O) groups is 1. The van der Waals surface area contributed by atoms with Gasteiger partial charge in [0.25, 0.3) is 5.91 Å². The molecule has 2 aromatic heterocycles. The Labute approximate surface area is 138 Å². The number of rotatable bonds is 5. The second-order valence-electron chi connectivity index (χ2n) is 5.38. The third kappa shape index (κ3) is 3.74. The molecule has 1 atom stereocenters. The number of amides is 1. The SMILES string of the molecule is Cc1csc(C(=O)NCC(c2ccco2)N2CCSCC2)c1. The molecule has 1 aliphatic rings. The fourth-order valence-electron chi connectivity index (χ4n) is 2.61. The highest BCUT2D eigenvalue weighted by atomic mass is 32.2. The number of thiophene rings is 1. The Morgan fingerprint density at radius 2 is 2.27 bits per heavy atom. The molecule has 1 N–H and O–H groups in total. The average Bonchev–Trinajstić information content (AvgIpc) is 3.20. The second-order valence-corrected chi connectivity index (χ2v) is 7.51. The maximum Gasteiger partial charge on any atom is 0.261 e. The zero-order valence-corrected chi connectivity index (χ0v) is 14.2. The number of furan rings is 1. The van der Waals surface area contributed by atoms with Crippen molar-refractivity contribution >= 4 is 29.0 Å². The minimum absolute atomic E-state index is 0.000963. The van der Waals surface area contributed by atoms with Crippen LogP contribution in [0.25, 0.3) is 0 Å². The van der Waals surface area contributed by atoms with Gasteiger partial charge in [-0.05, 0) is 36.1 Å². The van der Waals surface area contributed by atoms with Crippen LogP contribution >= 0.6 is 23.1 Å². The molecule has 1 fully saturated rings. The first-order valence-electron chi connectivity index (χ1n) is 7.42. The third-order valence-corrected chi connectivity index (χ3v) is 5.76. The van der Waals surface area contributed by atoms with Crippen LogP contribution < -0.4 is 5.32 Å². The lowest BCUT2D eigenvalue weighted by Gasteiger charge is -2.33. The van der Waals surface area contributed by atoms with Crippen molar-refractivity contribution in [3.8, 4) is 0 Å². The van der Waals surface area contributed by atoms with Crippen molar-refractivity contribution in [2.75, 3.05) is 31.1 Å². The van der Waals surface area contributed by atoms with E-state index in [1.807, 2.05) is 42.3 Å². The van der Waals surface area contributed by atoms with Crippen molar-refractivity contribution in [1.82, 2.24) is 10.2 Å². The van der Waals surface area contributed by atoms with Crippen LogP contribution in [0.1, 0.15) is 27.0 Å². The Bertz CT molecular complexity index is 603. The summed E-state index contributed by atoms with van der Waals surface area (Å²) in [6.45, 7) is 4.65. The minimum atomic E-state index is 0.000963. The van der Waals surface area contributed by atoms with E-state index in [2.05, 4.69) is 10.2 Å². The van der Waals surface area contributed by atoms with Gasteiger partial charge in [0, 0.05) is 31.1 Å². The van der Waals surface area contributed by atoms with E-state index in [0.29, 0.717) is 6.54 Å². The molecular weight excluding hydrogens is 316 g/mol. The summed E-state index contributed by atoms with van der Waals surface area (Å²) >= 11 is 3.47. The van der Waals surface area contributed by atoms with Gasteiger partial charge in [-0.2, -0.15) is 11.8 Å². The quantitative estimate of drug-likeness (QED) is 0.911. The number of hydrogen-bond donors (Lipinski definition) is 1. The zero-order valence-electron chi connectivity index (χ0n) is 12.6. The molecule has 3 rings (SSSR count). The molecule has 0 aliphatic carbocycles. The van der Waals surface area contributed by atoms with E-state index in [9.17, 15) is 4.79 Å². The zero-order chi connectivity index (χ0) is 15.4. The lowest BCUT2D eigenvalue weighted by atomic mass is 10.1. The molecule has 22 heavy (non-hydrogen) atoms. The molecule has 6 heteroatoms. The molecule has 3 heterocycles. The molecule has 0 spiro atoms. The summed E-state index contributed by atoms with van der Waals surface area (Å²) in [6.07, 6.45) is 1.70. The predicted molar refractivity (Wildman–Crippen MR) is 91.7 cm³/mol. The van der Waals surface area contributed by atoms with E-state index >= 15 is 0 Å². The highest BCUT2D eigenvalue weighted by Crippen LogP contribution is 2.24. The summed E-state index contributed by atoms with van der Waals surface area (Å²) in [5.74, 6) is 3.19. The molecule has 0 saturated carbocycles. The van der Waals surface area contributed by atoms with Gasteiger partial charge in [0.15, 0.2) is 0 Å². The smallest absolute Gasteiger partial charge is 0.261 e. The Hall–Kier alpha value is -1.24. The van der Waals surface area contributed by atoms with E-state index in [-0.39, 0.29) is 11.9 Å². The van der Waals surface area contributed by atoms with Gasteiger partial charge in [0.1, 0.15) is 5.76 Å². The molecule has 0 bridgehead atoms. The number of aryl methyl sites for hydroxylation is 1. The number of thioether (sulfide) groups is 1. The van der Waals surface area contributed by atoms with Crippen molar-refractivity contribution < 1.29 is 9.21 Å². The summed E-state index contributed by atoms with van der Waals surface area (Å²) in [4.78, 5) is 15.4. The fraction of sp³-hybridized carbons (Fsp3) is 0.438. The van der Waals surface area contributed by atoms with Crippen molar-refractivity contribution in [3.63, 3.8) is 0 Å². The summed E-state index contributed by atoms with van der Waals surface area (Å²) in [6, 6.07) is 5.94. The van der Waals surface area contributed by atoms with Crippen LogP contribution in [-0.4, -0.2) is 41.9 Å². The Balaban J connectivity index is 1.66. The molecule has 118 valence electrons. The van der Waals surface area contributed by atoms with E-state index < -0.39 is 0 Å². The monoisotopic (exact) mass is 336 g/mol. The molecule has 1 aliphatic heterocycles. The Morgan fingerprint density at radius 1 is 1.45 bits per heavy atom. The number of carbonyl (C=O) groups excluding carboxylic acids is 1. The largest absolute Gasteiger partial charge is 0.468 e. The first kappa shape index (κ1) is 15.6. The van der Waals surface area contributed by atoms with Gasteiger partial charge in [-0.3, -0.25) is 9.69 Å². The highest BCUT2D eigenvalue weighted by molar-refractivity contribution is 7.99. The lowest BCUT2D eigenvalue weighted by molar-refractivity contribution is 0.0933. The topological polar surface area (TPSA) is 45.5 Å². The molecule has 0 radical (unpaired) electrons. The van der Waals surface area contributed by atoms with Crippen LogP contribution in [0.4, 0.5) is 0 Å². The molecule has 0 aromatic carbocycles. The van der Waals surface area contributed by atoms with Crippen LogP contribution in [0.2, 0.25) is 0 Å². The predicted octanol–water partition coefficient (Wildman–Crippen LogP) is 3.17. The molecule has 1 unspecified atom stereocenters. The van der Waals surface area contributed by atoms with E-state index in [0.717, 1.165) is 40.8 Å². The van der Waals surface area contributed by atoms with Crippen LogP contribution in [0.5, 0.6) is 0 Å². The molecule has 2 aromatic rings. The van der Waals surface area contributed by atoms with E-state index in [1.54, 1.807) is 6.26 Å². The fourth-order valence-corrected chi connectivity index (χ4v) is 4.35. The van der Waals surface area contributed by atoms with Gasteiger partial charge in [-0.15, -0.1) is 11.3 Å². The van der Waals surface area contributed by atoms with Crippen molar-refractivity contribution in [3.05, 3.63) is 46.0 Å². The van der Waals surface area contributed by atoms with Gasteiger partial charge in [0.2, 0.25) is 0 Å². The summed E-state index contributed by atoms with van der Waals surface area (Å²) in [7, 11) is 0. The summed E-state index contributed by atoms with van der Waals surface area (Å²) in [5, 5.41) is 5.06.